The van der Waals surface area contributed by atoms with Crippen LogP contribution < -0.4 is 5.32 Å². The average molecular weight is 260 g/mol. The predicted molar refractivity (Wildman–Crippen MR) is 68.7 cm³/mol. The van der Waals surface area contributed by atoms with Gasteiger partial charge in [-0.05, 0) is 28.0 Å². The van der Waals surface area contributed by atoms with E-state index in [-0.39, 0.29) is 6.10 Å². The monoisotopic (exact) mass is 260 g/mol. The van der Waals surface area contributed by atoms with Crippen molar-refractivity contribution in [2.45, 2.75) is 12.1 Å². The lowest BCUT2D eigenvalue weighted by atomic mass is 10.0. The maximum atomic E-state index is 6.00. The number of morpholine rings is 1. The Balaban J connectivity index is 1.58. The van der Waals surface area contributed by atoms with Gasteiger partial charge in [0.05, 0.1) is 12.7 Å². The SMILES string of the molecule is c1cc2nonc2cc1C1CN2CCNC[C@H]2CO1. The van der Waals surface area contributed by atoms with Gasteiger partial charge in [-0.1, -0.05) is 6.07 Å². The second-order valence-electron chi connectivity index (χ2n) is 5.19. The highest BCUT2D eigenvalue weighted by Gasteiger charge is 2.31. The van der Waals surface area contributed by atoms with Crippen LogP contribution in [0.4, 0.5) is 0 Å². The first-order chi connectivity index (χ1) is 9.40. The van der Waals surface area contributed by atoms with E-state index >= 15 is 0 Å². The summed E-state index contributed by atoms with van der Waals surface area (Å²) in [6.07, 6.45) is 0.121. The van der Waals surface area contributed by atoms with Crippen LogP contribution in [-0.2, 0) is 4.74 Å². The van der Waals surface area contributed by atoms with E-state index in [4.69, 9.17) is 9.37 Å². The largest absolute Gasteiger partial charge is 0.371 e. The lowest BCUT2D eigenvalue weighted by Crippen LogP contribution is -2.57. The maximum absolute atomic E-state index is 6.00. The standard InChI is InChI=1S/C13H16N4O2/c1-2-11-12(16-19-15-11)5-9(1)13-7-17-4-3-14-6-10(17)8-18-13/h1-2,5,10,13-14H,3-4,6-8H2/t10-,13?/m0/s1. The Hall–Kier alpha value is -1.50. The second kappa shape index (κ2) is 4.56. The molecule has 2 aliphatic rings. The van der Waals surface area contributed by atoms with Gasteiger partial charge in [0.1, 0.15) is 11.0 Å². The van der Waals surface area contributed by atoms with Gasteiger partial charge in [0.15, 0.2) is 0 Å². The number of piperazine rings is 1. The summed E-state index contributed by atoms with van der Waals surface area (Å²) in [5, 5.41) is 11.1. The predicted octanol–water partition coefficient (Wildman–Crippen LogP) is 0.568. The number of nitrogens with zero attached hydrogens (tertiary/aromatic N) is 3. The van der Waals surface area contributed by atoms with E-state index in [1.165, 1.54) is 0 Å². The molecule has 6 nitrogen and oxygen atoms in total. The van der Waals surface area contributed by atoms with Crippen molar-refractivity contribution in [2.24, 2.45) is 0 Å². The Bertz CT molecular complexity index is 585. The first kappa shape index (κ1) is 11.3. The lowest BCUT2D eigenvalue weighted by Gasteiger charge is -2.42. The fraction of sp³-hybridized carbons (Fsp3) is 0.538. The molecule has 1 N–H and O–H groups in total. The highest BCUT2D eigenvalue weighted by atomic mass is 16.6. The highest BCUT2D eigenvalue weighted by Crippen LogP contribution is 2.27. The zero-order valence-electron chi connectivity index (χ0n) is 10.6. The van der Waals surface area contributed by atoms with Gasteiger partial charge >= 0.3 is 0 Å². The van der Waals surface area contributed by atoms with E-state index in [0.717, 1.165) is 49.4 Å². The quantitative estimate of drug-likeness (QED) is 0.808. The minimum Gasteiger partial charge on any atom is -0.371 e. The molecule has 1 aromatic carbocycles. The van der Waals surface area contributed by atoms with Gasteiger partial charge < -0.3 is 10.1 Å². The molecule has 2 atom stereocenters. The zero-order chi connectivity index (χ0) is 12.7. The molecule has 0 saturated carbocycles. The molecule has 4 rings (SSSR count). The molecule has 100 valence electrons. The molecule has 0 radical (unpaired) electrons. The van der Waals surface area contributed by atoms with Crippen molar-refractivity contribution in [2.75, 3.05) is 32.8 Å². The van der Waals surface area contributed by atoms with Crippen LogP contribution in [0.3, 0.4) is 0 Å². The molecule has 2 fully saturated rings. The van der Waals surface area contributed by atoms with Crippen LogP contribution in [0.1, 0.15) is 11.7 Å². The van der Waals surface area contributed by atoms with Crippen molar-refractivity contribution >= 4 is 11.0 Å². The fourth-order valence-electron chi connectivity index (χ4n) is 2.90. The summed E-state index contributed by atoms with van der Waals surface area (Å²) in [4.78, 5) is 2.51. The van der Waals surface area contributed by atoms with Gasteiger partial charge in [-0.25, -0.2) is 4.63 Å². The molecular formula is C13H16N4O2. The number of ether oxygens (including phenoxy) is 1. The summed E-state index contributed by atoms with van der Waals surface area (Å²) in [6, 6.07) is 6.52. The molecule has 2 aliphatic heterocycles. The van der Waals surface area contributed by atoms with Gasteiger partial charge in [-0.2, -0.15) is 0 Å². The third-order valence-corrected chi connectivity index (χ3v) is 4.01. The zero-order valence-corrected chi connectivity index (χ0v) is 10.6. The summed E-state index contributed by atoms with van der Waals surface area (Å²) in [5.74, 6) is 0. The van der Waals surface area contributed by atoms with Crippen LogP contribution >= 0.6 is 0 Å². The number of hydrogen-bond acceptors (Lipinski definition) is 6. The summed E-state index contributed by atoms with van der Waals surface area (Å²) >= 11 is 0. The molecule has 0 bridgehead atoms. The van der Waals surface area contributed by atoms with Gasteiger partial charge in [-0.15, -0.1) is 0 Å². The number of fused-ring (bicyclic) bond motifs is 2. The minimum atomic E-state index is 0.121. The van der Waals surface area contributed by atoms with Crippen LogP contribution in [0, 0.1) is 0 Å². The first-order valence-electron chi connectivity index (χ1n) is 6.69. The van der Waals surface area contributed by atoms with Crippen LogP contribution in [0.5, 0.6) is 0 Å². The molecule has 1 unspecified atom stereocenters. The third-order valence-electron chi connectivity index (χ3n) is 4.01. The number of rotatable bonds is 1. The number of aromatic nitrogens is 2. The normalized spacial score (nSPS) is 28.4. The number of benzene rings is 1. The Kier molecular flexibility index (Phi) is 2.72. The molecule has 0 amide bonds. The van der Waals surface area contributed by atoms with E-state index in [1.54, 1.807) is 0 Å². The van der Waals surface area contributed by atoms with Crippen molar-refractivity contribution in [1.29, 1.82) is 0 Å². The average Bonchev–Trinajstić information content (AvgIpc) is 2.94. The molecular weight excluding hydrogens is 244 g/mol. The van der Waals surface area contributed by atoms with Crippen molar-refractivity contribution in [3.8, 4) is 0 Å². The number of hydrogen-bond donors (Lipinski definition) is 1. The topological polar surface area (TPSA) is 63.4 Å². The fourth-order valence-corrected chi connectivity index (χ4v) is 2.90. The van der Waals surface area contributed by atoms with Crippen LogP contribution in [0.15, 0.2) is 22.8 Å². The van der Waals surface area contributed by atoms with Crippen molar-refractivity contribution in [3.63, 3.8) is 0 Å². The molecule has 3 heterocycles. The molecule has 2 aromatic rings. The highest BCUT2D eigenvalue weighted by molar-refractivity contribution is 5.73. The third kappa shape index (κ3) is 2.01. The number of nitrogens with one attached hydrogen (secondary N) is 1. The molecule has 19 heavy (non-hydrogen) atoms. The molecule has 0 spiro atoms. The summed E-state index contributed by atoms with van der Waals surface area (Å²) in [5.41, 5.74) is 2.74. The van der Waals surface area contributed by atoms with Gasteiger partial charge in [0, 0.05) is 32.2 Å². The molecule has 0 aliphatic carbocycles. The smallest absolute Gasteiger partial charge is 0.135 e. The van der Waals surface area contributed by atoms with Crippen molar-refractivity contribution < 1.29 is 9.37 Å². The van der Waals surface area contributed by atoms with E-state index in [9.17, 15) is 0 Å². The van der Waals surface area contributed by atoms with Gasteiger partial charge in [-0.3, -0.25) is 4.90 Å². The first-order valence-corrected chi connectivity index (χ1v) is 6.69. The van der Waals surface area contributed by atoms with Crippen LogP contribution in [-0.4, -0.2) is 54.0 Å². The van der Waals surface area contributed by atoms with E-state index in [0.29, 0.717) is 6.04 Å². The Morgan fingerprint density at radius 2 is 2.21 bits per heavy atom. The van der Waals surface area contributed by atoms with Crippen molar-refractivity contribution in [1.82, 2.24) is 20.5 Å². The second-order valence-corrected chi connectivity index (χ2v) is 5.19. The minimum absolute atomic E-state index is 0.121. The lowest BCUT2D eigenvalue weighted by molar-refractivity contribution is -0.0717. The van der Waals surface area contributed by atoms with E-state index in [1.807, 2.05) is 12.1 Å². The Morgan fingerprint density at radius 3 is 3.21 bits per heavy atom. The molecule has 1 aromatic heterocycles. The summed E-state index contributed by atoms with van der Waals surface area (Å²) < 4.78 is 10.7. The maximum Gasteiger partial charge on any atom is 0.135 e. The van der Waals surface area contributed by atoms with Gasteiger partial charge in [0.2, 0.25) is 0 Å². The molecule has 2 saturated heterocycles. The van der Waals surface area contributed by atoms with Crippen LogP contribution in [0.2, 0.25) is 0 Å². The summed E-state index contributed by atoms with van der Waals surface area (Å²) in [6.45, 7) is 4.92. The van der Waals surface area contributed by atoms with E-state index < -0.39 is 0 Å². The van der Waals surface area contributed by atoms with Crippen LogP contribution in [0.25, 0.3) is 11.0 Å². The molecule has 6 heteroatoms. The van der Waals surface area contributed by atoms with E-state index in [2.05, 4.69) is 26.6 Å². The van der Waals surface area contributed by atoms with Gasteiger partial charge in [0.25, 0.3) is 0 Å². The Labute approximate surface area is 110 Å². The van der Waals surface area contributed by atoms with Crippen molar-refractivity contribution in [3.05, 3.63) is 23.8 Å². The Morgan fingerprint density at radius 1 is 1.26 bits per heavy atom. The summed E-state index contributed by atoms with van der Waals surface area (Å²) in [7, 11) is 0.